The molecule has 0 aromatic heterocycles. The summed E-state index contributed by atoms with van der Waals surface area (Å²) in [6.07, 6.45) is 3.90. The summed E-state index contributed by atoms with van der Waals surface area (Å²) in [5, 5.41) is 5.65. The molecule has 0 atom stereocenters. The predicted molar refractivity (Wildman–Crippen MR) is 113 cm³/mol. The zero-order valence-electron chi connectivity index (χ0n) is 16.4. The highest BCUT2D eigenvalue weighted by atomic mass is 16.5. The highest BCUT2D eigenvalue weighted by molar-refractivity contribution is 5.90. The number of carbonyl (C=O) groups is 2. The van der Waals surface area contributed by atoms with Crippen LogP contribution < -0.4 is 15.5 Å². The van der Waals surface area contributed by atoms with Crippen LogP contribution in [-0.4, -0.2) is 38.7 Å². The molecule has 2 N–H and O–H groups in total. The minimum atomic E-state index is -0.373. The van der Waals surface area contributed by atoms with Crippen LogP contribution in [0, 0.1) is 0 Å². The minimum absolute atomic E-state index is 0.239. The molecule has 0 radical (unpaired) electrons. The lowest BCUT2D eigenvalue weighted by molar-refractivity contribution is -0.137. The van der Waals surface area contributed by atoms with Gasteiger partial charge >= 0.3 is 12.0 Å². The number of ether oxygens (including phenoxy) is 1. The van der Waals surface area contributed by atoms with Crippen molar-refractivity contribution in [3.63, 3.8) is 0 Å². The molecule has 0 aliphatic carbocycles. The van der Waals surface area contributed by atoms with E-state index in [-0.39, 0.29) is 12.0 Å². The molecule has 0 bridgehead atoms. The van der Waals surface area contributed by atoms with Gasteiger partial charge < -0.3 is 20.3 Å². The van der Waals surface area contributed by atoms with Gasteiger partial charge in [0.2, 0.25) is 0 Å². The highest BCUT2D eigenvalue weighted by Crippen LogP contribution is 2.12. The SMILES string of the molecule is CCOC(=O)/C=C/c1ccc(NC(=O)NCCCN(C)c2ccccc2)cc1. The number of nitrogens with zero attached hydrogens (tertiary/aromatic N) is 1. The lowest BCUT2D eigenvalue weighted by Gasteiger charge is -2.19. The van der Waals surface area contributed by atoms with E-state index in [0.717, 1.165) is 24.2 Å². The standard InChI is InChI=1S/C22H27N3O3/c1-3-28-21(26)15-12-18-10-13-19(14-11-18)24-22(27)23-16-7-17-25(2)20-8-5-4-6-9-20/h4-6,8-15H,3,7,16-17H2,1-2H3,(H2,23,24,27)/b15-12+. The number of hydrogen-bond donors (Lipinski definition) is 2. The summed E-state index contributed by atoms with van der Waals surface area (Å²) in [6, 6.07) is 17.1. The van der Waals surface area contributed by atoms with Crippen molar-refractivity contribution in [2.24, 2.45) is 0 Å². The fourth-order valence-corrected chi connectivity index (χ4v) is 2.54. The first-order chi connectivity index (χ1) is 13.6. The van der Waals surface area contributed by atoms with Crippen molar-refractivity contribution in [1.82, 2.24) is 5.32 Å². The quantitative estimate of drug-likeness (QED) is 0.392. The van der Waals surface area contributed by atoms with Gasteiger partial charge in [0, 0.05) is 37.6 Å². The first kappa shape index (κ1) is 21.0. The van der Waals surface area contributed by atoms with Gasteiger partial charge in [-0.25, -0.2) is 9.59 Å². The average molecular weight is 381 g/mol. The fourth-order valence-electron chi connectivity index (χ4n) is 2.54. The van der Waals surface area contributed by atoms with E-state index < -0.39 is 0 Å². The molecule has 28 heavy (non-hydrogen) atoms. The Balaban J connectivity index is 1.69. The molecule has 0 spiro atoms. The Morgan fingerprint density at radius 1 is 1.07 bits per heavy atom. The van der Waals surface area contributed by atoms with E-state index >= 15 is 0 Å². The van der Waals surface area contributed by atoms with Crippen molar-refractivity contribution >= 4 is 29.5 Å². The molecule has 6 heteroatoms. The number of urea groups is 1. The van der Waals surface area contributed by atoms with Crippen LogP contribution in [0.5, 0.6) is 0 Å². The van der Waals surface area contributed by atoms with Crippen molar-refractivity contribution in [3.05, 3.63) is 66.2 Å². The number of anilines is 2. The Morgan fingerprint density at radius 3 is 2.46 bits per heavy atom. The van der Waals surface area contributed by atoms with Gasteiger partial charge in [-0.3, -0.25) is 0 Å². The van der Waals surface area contributed by atoms with Crippen LogP contribution in [0.15, 0.2) is 60.7 Å². The lowest BCUT2D eigenvalue weighted by atomic mass is 10.2. The van der Waals surface area contributed by atoms with Crippen molar-refractivity contribution in [1.29, 1.82) is 0 Å². The Labute approximate surface area is 166 Å². The van der Waals surface area contributed by atoms with E-state index in [2.05, 4.69) is 27.7 Å². The Kier molecular flexibility index (Phi) is 8.59. The Bertz CT molecular complexity index is 773. The van der Waals surface area contributed by atoms with Crippen molar-refractivity contribution in [3.8, 4) is 0 Å². The molecule has 0 aliphatic heterocycles. The molecule has 2 aromatic rings. The summed E-state index contributed by atoms with van der Waals surface area (Å²) in [7, 11) is 2.04. The highest BCUT2D eigenvalue weighted by Gasteiger charge is 2.03. The number of benzene rings is 2. The molecule has 0 saturated carbocycles. The number of rotatable bonds is 9. The predicted octanol–water partition coefficient (Wildman–Crippen LogP) is 3.91. The fraction of sp³-hybridized carbons (Fsp3) is 0.273. The van der Waals surface area contributed by atoms with Gasteiger partial charge in [-0.15, -0.1) is 0 Å². The number of carbonyl (C=O) groups excluding carboxylic acids is 2. The van der Waals surface area contributed by atoms with Gasteiger partial charge in [-0.2, -0.15) is 0 Å². The molecule has 0 saturated heterocycles. The molecule has 0 fully saturated rings. The third kappa shape index (κ3) is 7.53. The summed E-state index contributed by atoms with van der Waals surface area (Å²) in [4.78, 5) is 25.4. The molecule has 2 aromatic carbocycles. The first-order valence-electron chi connectivity index (χ1n) is 9.34. The second-order valence-corrected chi connectivity index (χ2v) is 6.20. The molecular formula is C22H27N3O3. The van der Waals surface area contributed by atoms with Gasteiger partial charge in [0.1, 0.15) is 0 Å². The third-order valence-corrected chi connectivity index (χ3v) is 4.02. The normalized spacial score (nSPS) is 10.5. The number of esters is 1. The maximum Gasteiger partial charge on any atom is 0.330 e. The van der Waals surface area contributed by atoms with Crippen LogP contribution in [0.1, 0.15) is 18.9 Å². The summed E-state index contributed by atoms with van der Waals surface area (Å²) in [5.74, 6) is -0.373. The summed E-state index contributed by atoms with van der Waals surface area (Å²) in [6.45, 7) is 3.55. The van der Waals surface area contributed by atoms with Gasteiger partial charge in [-0.1, -0.05) is 30.3 Å². The molecule has 0 heterocycles. The lowest BCUT2D eigenvalue weighted by Crippen LogP contribution is -2.31. The third-order valence-electron chi connectivity index (χ3n) is 4.02. The summed E-state index contributed by atoms with van der Waals surface area (Å²) in [5.41, 5.74) is 2.69. The van der Waals surface area contributed by atoms with E-state index in [0.29, 0.717) is 18.8 Å². The molecule has 6 nitrogen and oxygen atoms in total. The van der Waals surface area contributed by atoms with Crippen LogP contribution in [-0.2, 0) is 9.53 Å². The van der Waals surface area contributed by atoms with Gasteiger partial charge in [0.05, 0.1) is 6.61 Å². The zero-order valence-corrected chi connectivity index (χ0v) is 16.4. The molecular weight excluding hydrogens is 354 g/mol. The van der Waals surface area contributed by atoms with Crippen molar-refractivity contribution in [2.75, 3.05) is 37.0 Å². The average Bonchev–Trinajstić information content (AvgIpc) is 2.71. The van der Waals surface area contributed by atoms with Crippen LogP contribution >= 0.6 is 0 Å². The maximum absolute atomic E-state index is 12.0. The van der Waals surface area contributed by atoms with Crippen molar-refractivity contribution in [2.45, 2.75) is 13.3 Å². The molecule has 2 rings (SSSR count). The van der Waals surface area contributed by atoms with Gasteiger partial charge in [-0.05, 0) is 49.2 Å². The second-order valence-electron chi connectivity index (χ2n) is 6.20. The Morgan fingerprint density at radius 2 is 1.79 bits per heavy atom. The van der Waals surface area contributed by atoms with Crippen LogP contribution in [0.25, 0.3) is 6.08 Å². The Hall–Kier alpha value is -3.28. The van der Waals surface area contributed by atoms with Gasteiger partial charge in [0.15, 0.2) is 0 Å². The molecule has 0 unspecified atom stereocenters. The van der Waals surface area contributed by atoms with E-state index in [1.54, 1.807) is 25.1 Å². The number of para-hydroxylation sites is 1. The van der Waals surface area contributed by atoms with Gasteiger partial charge in [0.25, 0.3) is 0 Å². The first-order valence-corrected chi connectivity index (χ1v) is 9.34. The topological polar surface area (TPSA) is 70.7 Å². The summed E-state index contributed by atoms with van der Waals surface area (Å²) < 4.78 is 4.83. The van der Waals surface area contributed by atoms with Crippen LogP contribution in [0.4, 0.5) is 16.2 Å². The number of nitrogens with one attached hydrogen (secondary N) is 2. The van der Waals surface area contributed by atoms with E-state index in [4.69, 9.17) is 4.74 Å². The van der Waals surface area contributed by atoms with Crippen LogP contribution in [0.3, 0.4) is 0 Å². The number of amides is 2. The molecule has 2 amide bonds. The van der Waals surface area contributed by atoms with Crippen molar-refractivity contribution < 1.29 is 14.3 Å². The second kappa shape index (κ2) is 11.4. The smallest absolute Gasteiger partial charge is 0.330 e. The largest absolute Gasteiger partial charge is 0.463 e. The maximum atomic E-state index is 12.0. The molecule has 0 aliphatic rings. The summed E-state index contributed by atoms with van der Waals surface area (Å²) >= 11 is 0. The van der Waals surface area contributed by atoms with E-state index in [9.17, 15) is 9.59 Å². The monoisotopic (exact) mass is 381 g/mol. The van der Waals surface area contributed by atoms with E-state index in [1.807, 2.05) is 37.4 Å². The zero-order chi connectivity index (χ0) is 20.2. The molecule has 148 valence electrons. The van der Waals surface area contributed by atoms with E-state index in [1.165, 1.54) is 6.08 Å². The van der Waals surface area contributed by atoms with Crippen LogP contribution in [0.2, 0.25) is 0 Å². The number of hydrogen-bond acceptors (Lipinski definition) is 4. The minimum Gasteiger partial charge on any atom is -0.463 e.